The van der Waals surface area contributed by atoms with Gasteiger partial charge in [-0.1, -0.05) is 20.8 Å². The molecule has 15 heavy (non-hydrogen) atoms. The summed E-state index contributed by atoms with van der Waals surface area (Å²) in [5, 5.41) is 0. The maximum Gasteiger partial charge on any atom is 0.124 e. The zero-order valence-corrected chi connectivity index (χ0v) is 9.51. The summed E-state index contributed by atoms with van der Waals surface area (Å²) in [6.07, 6.45) is 2.04. The van der Waals surface area contributed by atoms with Crippen molar-refractivity contribution >= 4 is 6.29 Å². The largest absolute Gasteiger partial charge is 0.303 e. The van der Waals surface area contributed by atoms with E-state index in [4.69, 9.17) is 0 Å². The van der Waals surface area contributed by atoms with Crippen molar-refractivity contribution in [3.05, 3.63) is 34.6 Å². The van der Waals surface area contributed by atoms with Crippen LogP contribution in [0.25, 0.3) is 0 Å². The highest BCUT2D eigenvalue weighted by Gasteiger charge is 2.12. The molecule has 82 valence electrons. The maximum absolute atomic E-state index is 13.3. The van der Waals surface area contributed by atoms with E-state index in [1.165, 1.54) is 6.07 Å². The fourth-order valence-corrected chi connectivity index (χ4v) is 1.88. The molecule has 0 aliphatic rings. The van der Waals surface area contributed by atoms with Crippen LogP contribution in [0, 0.1) is 5.82 Å². The fourth-order valence-electron chi connectivity index (χ4n) is 1.88. The number of benzene rings is 1. The summed E-state index contributed by atoms with van der Waals surface area (Å²) < 4.78 is 13.3. The molecule has 0 unspecified atom stereocenters. The summed E-state index contributed by atoms with van der Waals surface area (Å²) >= 11 is 0. The molecule has 0 radical (unpaired) electrons. The van der Waals surface area contributed by atoms with E-state index in [9.17, 15) is 9.18 Å². The lowest BCUT2D eigenvalue weighted by molar-refractivity contribution is -0.107. The Morgan fingerprint density at radius 3 is 2.53 bits per heavy atom. The van der Waals surface area contributed by atoms with Crippen molar-refractivity contribution in [3.63, 3.8) is 0 Å². The van der Waals surface area contributed by atoms with E-state index in [1.807, 2.05) is 20.8 Å². The van der Waals surface area contributed by atoms with Gasteiger partial charge in [-0.05, 0) is 41.2 Å². The number of aldehydes is 1. The topological polar surface area (TPSA) is 17.1 Å². The minimum atomic E-state index is -0.204. The molecule has 0 spiro atoms. The van der Waals surface area contributed by atoms with Crippen LogP contribution < -0.4 is 0 Å². The number of hydrogen-bond donors (Lipinski definition) is 0. The van der Waals surface area contributed by atoms with Crippen LogP contribution in [0.4, 0.5) is 4.39 Å². The lowest BCUT2D eigenvalue weighted by Gasteiger charge is -2.15. The highest BCUT2D eigenvalue weighted by molar-refractivity contribution is 5.58. The molecule has 1 rings (SSSR count). The number of hydrogen-bond acceptors (Lipinski definition) is 1. The first kappa shape index (κ1) is 11.9. The van der Waals surface area contributed by atoms with Crippen LogP contribution >= 0.6 is 0 Å². The normalized spacial score (nSPS) is 10.7. The number of rotatable bonds is 4. The fraction of sp³-hybridized carbons (Fsp3) is 0.462. The zero-order chi connectivity index (χ0) is 11.4. The number of aryl methyl sites for hydroxylation is 1. The second-order valence-electron chi connectivity index (χ2n) is 4.01. The molecule has 0 aliphatic heterocycles. The van der Waals surface area contributed by atoms with E-state index in [0.29, 0.717) is 6.42 Å². The van der Waals surface area contributed by atoms with Gasteiger partial charge in [-0.3, -0.25) is 0 Å². The summed E-state index contributed by atoms with van der Waals surface area (Å²) in [7, 11) is 0. The second-order valence-corrected chi connectivity index (χ2v) is 4.01. The monoisotopic (exact) mass is 208 g/mol. The molecule has 0 fully saturated rings. The van der Waals surface area contributed by atoms with Crippen LogP contribution in [0.3, 0.4) is 0 Å². The molecular weight excluding hydrogens is 191 g/mol. The molecular formula is C13H17FO. The molecule has 0 aliphatic carbocycles. The lowest BCUT2D eigenvalue weighted by Crippen LogP contribution is -2.03. The van der Waals surface area contributed by atoms with Crippen molar-refractivity contribution in [1.29, 1.82) is 0 Å². The summed E-state index contributed by atoms with van der Waals surface area (Å²) in [5.74, 6) is 0.0474. The van der Waals surface area contributed by atoms with Crippen molar-refractivity contribution in [1.82, 2.24) is 0 Å². The summed E-state index contributed by atoms with van der Waals surface area (Å²) in [6.45, 7) is 6.01. The molecule has 0 heterocycles. The molecule has 1 nitrogen and oxygen atoms in total. The average Bonchev–Trinajstić information content (AvgIpc) is 2.19. The number of halogens is 1. The van der Waals surface area contributed by atoms with Crippen molar-refractivity contribution in [3.8, 4) is 0 Å². The maximum atomic E-state index is 13.3. The van der Waals surface area contributed by atoms with Crippen LogP contribution in [-0.4, -0.2) is 6.29 Å². The van der Waals surface area contributed by atoms with Crippen molar-refractivity contribution in [2.24, 2.45) is 0 Å². The number of carbonyl (C=O) groups is 1. The van der Waals surface area contributed by atoms with Gasteiger partial charge in [0.15, 0.2) is 0 Å². The third-order valence-electron chi connectivity index (χ3n) is 2.63. The predicted octanol–water partition coefficient (Wildman–Crippen LogP) is 3.25. The van der Waals surface area contributed by atoms with Crippen LogP contribution in [0.2, 0.25) is 0 Å². The van der Waals surface area contributed by atoms with Gasteiger partial charge in [0, 0.05) is 6.42 Å². The van der Waals surface area contributed by atoms with Gasteiger partial charge in [-0.25, -0.2) is 4.39 Å². The lowest BCUT2D eigenvalue weighted by atomic mass is 9.90. The Labute approximate surface area is 90.3 Å². The molecule has 0 aromatic heterocycles. The van der Waals surface area contributed by atoms with Gasteiger partial charge in [-0.15, -0.1) is 0 Å². The number of carbonyl (C=O) groups excluding carboxylic acids is 1. The molecule has 2 heteroatoms. The van der Waals surface area contributed by atoms with Gasteiger partial charge in [0.2, 0.25) is 0 Å². The zero-order valence-electron chi connectivity index (χ0n) is 9.51. The van der Waals surface area contributed by atoms with Gasteiger partial charge in [0.1, 0.15) is 12.1 Å². The third kappa shape index (κ3) is 2.65. The van der Waals surface area contributed by atoms with Crippen molar-refractivity contribution in [2.45, 2.75) is 39.5 Å². The molecule has 0 saturated carbocycles. The smallest absolute Gasteiger partial charge is 0.124 e. The van der Waals surface area contributed by atoms with Gasteiger partial charge >= 0.3 is 0 Å². The van der Waals surface area contributed by atoms with Gasteiger partial charge < -0.3 is 4.79 Å². The average molecular weight is 208 g/mol. The Hall–Kier alpha value is -1.18. The second kappa shape index (κ2) is 5.06. The van der Waals surface area contributed by atoms with Crippen LogP contribution in [0.1, 0.15) is 43.4 Å². The van der Waals surface area contributed by atoms with Crippen LogP contribution in [-0.2, 0) is 17.6 Å². The van der Waals surface area contributed by atoms with E-state index in [2.05, 4.69) is 0 Å². The van der Waals surface area contributed by atoms with E-state index < -0.39 is 0 Å². The Morgan fingerprint density at radius 1 is 1.40 bits per heavy atom. The SMILES string of the molecule is CCc1cc(F)cc(C(C)C)c1CC=O. The van der Waals surface area contributed by atoms with E-state index in [-0.39, 0.29) is 11.7 Å². The van der Waals surface area contributed by atoms with Gasteiger partial charge in [0.05, 0.1) is 0 Å². The Bertz CT molecular complexity index is 356. The van der Waals surface area contributed by atoms with E-state index in [0.717, 1.165) is 29.4 Å². The van der Waals surface area contributed by atoms with Crippen molar-refractivity contribution < 1.29 is 9.18 Å². The Balaban J connectivity index is 3.32. The highest BCUT2D eigenvalue weighted by atomic mass is 19.1. The molecule has 1 aromatic rings. The standard InChI is InChI=1S/C13H17FO/c1-4-10-7-11(14)8-13(9(2)3)12(10)5-6-15/h6-9H,4-5H2,1-3H3. The van der Waals surface area contributed by atoms with Gasteiger partial charge in [-0.2, -0.15) is 0 Å². The predicted molar refractivity (Wildman–Crippen MR) is 59.6 cm³/mol. The molecule has 0 saturated heterocycles. The summed E-state index contributed by atoms with van der Waals surface area (Å²) in [4.78, 5) is 10.6. The minimum Gasteiger partial charge on any atom is -0.303 e. The molecule has 0 N–H and O–H groups in total. The third-order valence-corrected chi connectivity index (χ3v) is 2.63. The van der Waals surface area contributed by atoms with Crippen LogP contribution in [0.5, 0.6) is 0 Å². The molecule has 0 amide bonds. The van der Waals surface area contributed by atoms with Crippen LogP contribution in [0.15, 0.2) is 12.1 Å². The first-order valence-corrected chi connectivity index (χ1v) is 5.35. The molecule has 0 bridgehead atoms. The van der Waals surface area contributed by atoms with E-state index >= 15 is 0 Å². The minimum absolute atomic E-state index is 0.204. The highest BCUT2D eigenvalue weighted by Crippen LogP contribution is 2.25. The quantitative estimate of drug-likeness (QED) is 0.694. The van der Waals surface area contributed by atoms with Crippen molar-refractivity contribution in [2.75, 3.05) is 0 Å². The Morgan fingerprint density at radius 2 is 2.07 bits per heavy atom. The summed E-state index contributed by atoms with van der Waals surface area (Å²) in [5.41, 5.74) is 2.91. The first-order valence-electron chi connectivity index (χ1n) is 5.35. The van der Waals surface area contributed by atoms with E-state index in [1.54, 1.807) is 6.07 Å². The first-order chi connectivity index (χ1) is 7.10. The molecule has 1 aromatic carbocycles. The molecule has 0 atom stereocenters. The van der Waals surface area contributed by atoms with Gasteiger partial charge in [0.25, 0.3) is 0 Å². The Kier molecular flexibility index (Phi) is 4.01. The summed E-state index contributed by atoms with van der Waals surface area (Å²) in [6, 6.07) is 3.08.